The number of halogens is 3. The van der Waals surface area contributed by atoms with Crippen molar-refractivity contribution < 1.29 is 18.0 Å². The second-order valence-electron chi connectivity index (χ2n) is 3.35. The van der Waals surface area contributed by atoms with E-state index in [2.05, 4.69) is 0 Å². The first-order chi connectivity index (χ1) is 6.82. The molecule has 0 saturated carbocycles. The maximum atomic E-state index is 12.0. The van der Waals surface area contributed by atoms with Gasteiger partial charge < -0.3 is 0 Å². The minimum Gasteiger partial charge on any atom is -0.299 e. The molecule has 1 amide bonds. The molecule has 0 aromatic carbocycles. The Morgan fingerprint density at radius 2 is 1.73 bits per heavy atom. The van der Waals surface area contributed by atoms with Crippen molar-refractivity contribution in [3.8, 4) is 0 Å². The zero-order chi connectivity index (χ0) is 11.6. The fraction of sp³-hybridized carbons (Fsp3) is 0.444. The maximum absolute atomic E-state index is 12.0. The quantitative estimate of drug-likeness (QED) is 0.666. The van der Waals surface area contributed by atoms with Crippen molar-refractivity contribution in [3.63, 3.8) is 0 Å². The first kappa shape index (κ1) is 11.8. The lowest BCUT2D eigenvalue weighted by Crippen LogP contribution is -2.37. The van der Waals surface area contributed by atoms with E-state index in [4.69, 9.17) is 0 Å². The molecule has 1 aliphatic heterocycles. The fourth-order valence-electron chi connectivity index (χ4n) is 1.10. The predicted molar refractivity (Wildman–Crippen MR) is 48.7 cm³/mol. The van der Waals surface area contributed by atoms with Gasteiger partial charge in [0.1, 0.15) is 0 Å². The third kappa shape index (κ3) is 2.82. The largest absolute Gasteiger partial charge is 0.472 e. The highest BCUT2D eigenvalue weighted by atomic mass is 19.4. The molecule has 6 heteroatoms. The average molecular weight is 220 g/mol. The van der Waals surface area contributed by atoms with Gasteiger partial charge in [-0.25, -0.2) is 0 Å². The third-order valence-corrected chi connectivity index (χ3v) is 1.96. The topological polar surface area (TPSA) is 23.6 Å². The van der Waals surface area contributed by atoms with Crippen LogP contribution in [0.5, 0.6) is 0 Å². The molecule has 1 rings (SSSR count). The maximum Gasteiger partial charge on any atom is 0.472 e. The van der Waals surface area contributed by atoms with E-state index < -0.39 is 12.1 Å². The summed E-state index contributed by atoms with van der Waals surface area (Å²) in [6.07, 6.45) is 0.452. The predicted octanol–water partition coefficient (Wildman–Crippen LogP) is 1.35. The van der Waals surface area contributed by atoms with Gasteiger partial charge in [0, 0.05) is 18.4 Å². The Bertz CT molecular complexity index is 293. The zero-order valence-corrected chi connectivity index (χ0v) is 8.32. The van der Waals surface area contributed by atoms with E-state index in [-0.39, 0.29) is 6.04 Å². The summed E-state index contributed by atoms with van der Waals surface area (Å²) < 4.78 is 36.1. The number of nitrogens with zero attached hydrogens (tertiary/aromatic N) is 2. The fourth-order valence-corrected chi connectivity index (χ4v) is 1.10. The van der Waals surface area contributed by atoms with Gasteiger partial charge in [-0.3, -0.25) is 14.6 Å². The molecule has 0 spiro atoms. The lowest BCUT2D eigenvalue weighted by molar-refractivity contribution is -0.180. The summed E-state index contributed by atoms with van der Waals surface area (Å²) in [4.78, 5) is 13.1. The van der Waals surface area contributed by atoms with Crippen LogP contribution in [0.2, 0.25) is 0 Å². The van der Waals surface area contributed by atoms with Crippen molar-refractivity contribution in [1.82, 2.24) is 9.80 Å². The van der Waals surface area contributed by atoms with Crippen molar-refractivity contribution in [3.05, 3.63) is 24.6 Å². The van der Waals surface area contributed by atoms with E-state index in [1.54, 1.807) is 14.1 Å². The smallest absolute Gasteiger partial charge is 0.299 e. The summed E-state index contributed by atoms with van der Waals surface area (Å²) in [5.74, 6) is -1.88. The van der Waals surface area contributed by atoms with Gasteiger partial charge in [0.25, 0.3) is 0 Å². The SMILES string of the molecule is CN(C)C1C=CN(C(=O)C(F)(F)F)C=C1. The van der Waals surface area contributed by atoms with E-state index in [0.29, 0.717) is 4.90 Å². The number of alkyl halides is 3. The zero-order valence-electron chi connectivity index (χ0n) is 8.32. The van der Waals surface area contributed by atoms with Gasteiger partial charge in [0.2, 0.25) is 0 Å². The number of likely N-dealkylation sites (N-methyl/N-ethyl adjacent to an activating group) is 1. The van der Waals surface area contributed by atoms with Crippen molar-refractivity contribution in [1.29, 1.82) is 0 Å². The van der Waals surface area contributed by atoms with Gasteiger partial charge in [0.15, 0.2) is 0 Å². The van der Waals surface area contributed by atoms with Crippen LogP contribution in [0.25, 0.3) is 0 Å². The number of carbonyl (C=O) groups excluding carboxylic acids is 1. The molecule has 84 valence electrons. The molecule has 0 radical (unpaired) electrons. The number of amides is 1. The van der Waals surface area contributed by atoms with E-state index in [1.807, 2.05) is 4.90 Å². The van der Waals surface area contributed by atoms with Crippen LogP contribution in [0.4, 0.5) is 13.2 Å². The van der Waals surface area contributed by atoms with Crippen LogP contribution in [-0.2, 0) is 4.79 Å². The molecule has 0 saturated heterocycles. The molecular formula is C9H11F3N2O. The monoisotopic (exact) mass is 220 g/mol. The highest BCUT2D eigenvalue weighted by Gasteiger charge is 2.41. The Balaban J connectivity index is 2.69. The van der Waals surface area contributed by atoms with Crippen molar-refractivity contribution in [2.75, 3.05) is 14.1 Å². The number of carbonyl (C=O) groups is 1. The molecule has 3 nitrogen and oxygen atoms in total. The van der Waals surface area contributed by atoms with E-state index in [1.165, 1.54) is 12.2 Å². The molecule has 0 aromatic heterocycles. The summed E-state index contributed by atoms with van der Waals surface area (Å²) in [6.45, 7) is 0. The number of hydrogen-bond donors (Lipinski definition) is 0. The van der Waals surface area contributed by atoms with Crippen LogP contribution >= 0.6 is 0 Å². The lowest BCUT2D eigenvalue weighted by atomic mass is 10.2. The van der Waals surface area contributed by atoms with Gasteiger partial charge in [0.05, 0.1) is 0 Å². The van der Waals surface area contributed by atoms with Crippen LogP contribution in [0.1, 0.15) is 0 Å². The molecular weight excluding hydrogens is 209 g/mol. The first-order valence-corrected chi connectivity index (χ1v) is 4.25. The van der Waals surface area contributed by atoms with Gasteiger partial charge in [-0.2, -0.15) is 13.2 Å². The molecule has 0 atom stereocenters. The van der Waals surface area contributed by atoms with E-state index >= 15 is 0 Å². The highest BCUT2D eigenvalue weighted by Crippen LogP contribution is 2.20. The summed E-state index contributed by atoms with van der Waals surface area (Å²) in [5, 5.41) is 0. The molecule has 0 aliphatic carbocycles. The summed E-state index contributed by atoms with van der Waals surface area (Å²) in [6, 6.07) is -0.0812. The van der Waals surface area contributed by atoms with Crippen LogP contribution in [0.15, 0.2) is 24.6 Å². The minimum absolute atomic E-state index is 0.0812. The van der Waals surface area contributed by atoms with E-state index in [0.717, 1.165) is 12.4 Å². The van der Waals surface area contributed by atoms with Crippen molar-refractivity contribution in [2.45, 2.75) is 12.2 Å². The van der Waals surface area contributed by atoms with Crippen LogP contribution in [0.3, 0.4) is 0 Å². The second-order valence-corrected chi connectivity index (χ2v) is 3.35. The summed E-state index contributed by atoms with van der Waals surface area (Å²) >= 11 is 0. The van der Waals surface area contributed by atoms with Crippen LogP contribution in [-0.4, -0.2) is 42.0 Å². The minimum atomic E-state index is -4.83. The normalized spacial score (nSPS) is 17.6. The standard InChI is InChI=1S/C9H11F3N2O/c1-13(2)7-3-5-14(6-4-7)8(15)9(10,11)12/h3-7H,1-2H3. The Morgan fingerprint density at radius 1 is 1.27 bits per heavy atom. The average Bonchev–Trinajstić information content (AvgIpc) is 2.15. The van der Waals surface area contributed by atoms with Gasteiger partial charge in [-0.05, 0) is 26.2 Å². The summed E-state index contributed by atoms with van der Waals surface area (Å²) in [5.41, 5.74) is 0. The third-order valence-electron chi connectivity index (χ3n) is 1.96. The molecule has 0 unspecified atom stereocenters. The highest BCUT2D eigenvalue weighted by molar-refractivity contribution is 5.83. The lowest BCUT2D eigenvalue weighted by Gasteiger charge is -2.24. The summed E-state index contributed by atoms with van der Waals surface area (Å²) in [7, 11) is 3.58. The van der Waals surface area contributed by atoms with Crippen LogP contribution < -0.4 is 0 Å². The molecule has 1 heterocycles. The second kappa shape index (κ2) is 4.06. The Morgan fingerprint density at radius 3 is 2.07 bits per heavy atom. The molecule has 0 fully saturated rings. The Hall–Kier alpha value is -1.30. The molecule has 0 N–H and O–H groups in total. The molecule has 0 bridgehead atoms. The van der Waals surface area contributed by atoms with Crippen molar-refractivity contribution >= 4 is 5.91 Å². The number of hydrogen-bond acceptors (Lipinski definition) is 2. The van der Waals surface area contributed by atoms with Crippen LogP contribution in [0, 0.1) is 0 Å². The van der Waals surface area contributed by atoms with Gasteiger partial charge >= 0.3 is 12.1 Å². The Labute approximate surface area is 85.5 Å². The Kier molecular flexibility index (Phi) is 3.18. The van der Waals surface area contributed by atoms with Gasteiger partial charge in [-0.15, -0.1) is 0 Å². The molecule has 0 aromatic rings. The van der Waals surface area contributed by atoms with E-state index in [9.17, 15) is 18.0 Å². The molecule has 15 heavy (non-hydrogen) atoms. The first-order valence-electron chi connectivity index (χ1n) is 4.25. The van der Waals surface area contributed by atoms with Gasteiger partial charge in [-0.1, -0.05) is 0 Å². The van der Waals surface area contributed by atoms with Crippen molar-refractivity contribution in [2.24, 2.45) is 0 Å². The number of rotatable bonds is 1. The molecule has 1 aliphatic rings.